The van der Waals surface area contributed by atoms with Gasteiger partial charge in [-0.25, -0.2) is 0 Å². The first-order valence-electron chi connectivity index (χ1n) is 5.86. The number of nitrogens with zero attached hydrogens (tertiary/aromatic N) is 2. The summed E-state index contributed by atoms with van der Waals surface area (Å²) in [6, 6.07) is 12.5. The molecule has 0 atom stereocenters. The molecule has 3 rings (SSSR count). The first kappa shape index (κ1) is 11.3. The van der Waals surface area contributed by atoms with Crippen LogP contribution in [0, 0.1) is 0 Å². The van der Waals surface area contributed by atoms with E-state index >= 15 is 0 Å². The average molecular weight is 249 g/mol. The number of hydrogen-bond donors (Lipinski definition) is 1. The van der Waals surface area contributed by atoms with Gasteiger partial charge >= 0.3 is 0 Å². The molecule has 0 aliphatic rings. The van der Waals surface area contributed by atoms with E-state index < -0.39 is 0 Å². The van der Waals surface area contributed by atoms with Crippen molar-refractivity contribution in [3.05, 3.63) is 66.1 Å². The van der Waals surface area contributed by atoms with Gasteiger partial charge in [-0.05, 0) is 24.3 Å². The monoisotopic (exact) mass is 249 g/mol. The van der Waals surface area contributed by atoms with Gasteiger partial charge in [-0.3, -0.25) is 14.8 Å². The summed E-state index contributed by atoms with van der Waals surface area (Å²) in [5.74, 6) is -0.126. The van der Waals surface area contributed by atoms with Gasteiger partial charge in [0, 0.05) is 17.1 Å². The number of fused-ring (bicyclic) bond motifs is 1. The highest BCUT2D eigenvalue weighted by Gasteiger charge is 2.13. The molecule has 0 amide bonds. The minimum Gasteiger partial charge on any atom is -0.397 e. The lowest BCUT2D eigenvalue weighted by Crippen LogP contribution is -2.05. The van der Waals surface area contributed by atoms with E-state index in [1.807, 2.05) is 24.3 Å². The van der Waals surface area contributed by atoms with Crippen LogP contribution in [0.5, 0.6) is 0 Å². The predicted molar refractivity (Wildman–Crippen MR) is 73.8 cm³/mol. The van der Waals surface area contributed by atoms with Crippen LogP contribution >= 0.6 is 0 Å². The number of aromatic nitrogens is 2. The summed E-state index contributed by atoms with van der Waals surface area (Å²) in [4.78, 5) is 20.7. The van der Waals surface area contributed by atoms with Crippen molar-refractivity contribution in [2.75, 3.05) is 5.73 Å². The summed E-state index contributed by atoms with van der Waals surface area (Å²) in [7, 11) is 0. The standard InChI is InChI=1S/C15H11N3O/c16-10-6-7-14(18-9-10)15(19)12-3-1-5-13-11(12)4-2-8-17-13/h1-9H,16H2. The number of benzene rings is 1. The van der Waals surface area contributed by atoms with Crippen molar-refractivity contribution in [2.24, 2.45) is 0 Å². The van der Waals surface area contributed by atoms with Crippen LogP contribution in [0.3, 0.4) is 0 Å². The fourth-order valence-corrected chi connectivity index (χ4v) is 1.98. The summed E-state index contributed by atoms with van der Waals surface area (Å²) in [6.07, 6.45) is 3.19. The summed E-state index contributed by atoms with van der Waals surface area (Å²) in [5.41, 5.74) is 7.89. The summed E-state index contributed by atoms with van der Waals surface area (Å²) < 4.78 is 0. The van der Waals surface area contributed by atoms with Crippen molar-refractivity contribution in [3.8, 4) is 0 Å². The maximum Gasteiger partial charge on any atom is 0.212 e. The highest BCUT2D eigenvalue weighted by Crippen LogP contribution is 2.19. The Labute approximate surface area is 109 Å². The Morgan fingerprint density at radius 3 is 2.68 bits per heavy atom. The highest BCUT2D eigenvalue weighted by atomic mass is 16.1. The van der Waals surface area contributed by atoms with Crippen LogP contribution in [0.4, 0.5) is 5.69 Å². The fourth-order valence-electron chi connectivity index (χ4n) is 1.98. The normalized spacial score (nSPS) is 10.5. The largest absolute Gasteiger partial charge is 0.397 e. The zero-order valence-corrected chi connectivity index (χ0v) is 10.1. The number of nitrogens with two attached hydrogens (primary N) is 1. The van der Waals surface area contributed by atoms with E-state index in [1.54, 1.807) is 24.4 Å². The molecule has 0 unspecified atom stereocenters. The molecule has 92 valence electrons. The van der Waals surface area contributed by atoms with Crippen LogP contribution in [-0.2, 0) is 0 Å². The van der Waals surface area contributed by atoms with Crippen molar-refractivity contribution in [1.29, 1.82) is 0 Å². The summed E-state index contributed by atoms with van der Waals surface area (Å²) in [5, 5.41) is 0.827. The number of hydrogen-bond acceptors (Lipinski definition) is 4. The Morgan fingerprint density at radius 1 is 1.00 bits per heavy atom. The second kappa shape index (κ2) is 4.49. The fraction of sp³-hybridized carbons (Fsp3) is 0. The Hall–Kier alpha value is -2.75. The van der Waals surface area contributed by atoms with Gasteiger partial charge in [0.25, 0.3) is 0 Å². The quantitative estimate of drug-likeness (QED) is 0.708. The van der Waals surface area contributed by atoms with E-state index in [9.17, 15) is 4.79 Å². The van der Waals surface area contributed by atoms with Gasteiger partial charge in [-0.1, -0.05) is 18.2 Å². The molecule has 4 heteroatoms. The van der Waals surface area contributed by atoms with E-state index in [0.29, 0.717) is 16.9 Å². The maximum atomic E-state index is 12.4. The van der Waals surface area contributed by atoms with Gasteiger partial charge in [0.2, 0.25) is 5.78 Å². The van der Waals surface area contributed by atoms with E-state index in [4.69, 9.17) is 5.73 Å². The molecule has 1 aromatic carbocycles. The number of nitrogen functional groups attached to an aromatic ring is 1. The third-order valence-corrected chi connectivity index (χ3v) is 2.91. The van der Waals surface area contributed by atoms with Gasteiger partial charge in [-0.15, -0.1) is 0 Å². The number of carbonyl (C=O) groups is 1. The number of anilines is 1. The first-order valence-corrected chi connectivity index (χ1v) is 5.86. The van der Waals surface area contributed by atoms with Crippen molar-refractivity contribution >= 4 is 22.4 Å². The average Bonchev–Trinajstić information content (AvgIpc) is 2.47. The van der Waals surface area contributed by atoms with Gasteiger partial charge < -0.3 is 5.73 Å². The van der Waals surface area contributed by atoms with Crippen LogP contribution in [0.2, 0.25) is 0 Å². The van der Waals surface area contributed by atoms with Crippen LogP contribution in [0.15, 0.2) is 54.9 Å². The lowest BCUT2D eigenvalue weighted by atomic mass is 10.0. The molecule has 2 aromatic heterocycles. The number of ketones is 1. The van der Waals surface area contributed by atoms with Crippen LogP contribution < -0.4 is 5.73 Å². The third kappa shape index (κ3) is 2.04. The zero-order chi connectivity index (χ0) is 13.2. The molecule has 0 spiro atoms. The summed E-state index contributed by atoms with van der Waals surface area (Å²) in [6.45, 7) is 0. The smallest absolute Gasteiger partial charge is 0.212 e. The molecule has 2 N–H and O–H groups in total. The second-order valence-electron chi connectivity index (χ2n) is 4.18. The molecule has 2 heterocycles. The minimum absolute atomic E-state index is 0.126. The lowest BCUT2D eigenvalue weighted by molar-refractivity contribution is 0.103. The van der Waals surface area contributed by atoms with E-state index in [-0.39, 0.29) is 5.78 Å². The predicted octanol–water partition coefficient (Wildman–Crippen LogP) is 2.44. The molecule has 19 heavy (non-hydrogen) atoms. The van der Waals surface area contributed by atoms with Crippen LogP contribution in [0.1, 0.15) is 16.1 Å². The van der Waals surface area contributed by atoms with Crippen LogP contribution in [-0.4, -0.2) is 15.8 Å². The van der Waals surface area contributed by atoms with Crippen molar-refractivity contribution in [2.45, 2.75) is 0 Å². The third-order valence-electron chi connectivity index (χ3n) is 2.91. The van der Waals surface area contributed by atoms with Crippen molar-refractivity contribution in [1.82, 2.24) is 9.97 Å². The lowest BCUT2D eigenvalue weighted by Gasteiger charge is -2.04. The van der Waals surface area contributed by atoms with Gasteiger partial charge in [0.15, 0.2) is 0 Å². The number of pyridine rings is 2. The highest BCUT2D eigenvalue weighted by molar-refractivity contribution is 6.15. The molecular weight excluding hydrogens is 238 g/mol. The molecule has 0 saturated carbocycles. The van der Waals surface area contributed by atoms with Crippen molar-refractivity contribution < 1.29 is 4.79 Å². The van der Waals surface area contributed by atoms with E-state index in [0.717, 1.165) is 10.9 Å². The van der Waals surface area contributed by atoms with Crippen molar-refractivity contribution in [3.63, 3.8) is 0 Å². The Kier molecular flexibility index (Phi) is 2.68. The SMILES string of the molecule is Nc1ccc(C(=O)c2cccc3ncccc23)nc1. The van der Waals surface area contributed by atoms with Gasteiger partial charge in [0.05, 0.1) is 17.4 Å². The molecular formula is C15H11N3O. The van der Waals surface area contributed by atoms with E-state index in [2.05, 4.69) is 9.97 Å². The molecule has 0 aliphatic carbocycles. The van der Waals surface area contributed by atoms with Gasteiger partial charge in [0.1, 0.15) is 5.69 Å². The number of carbonyl (C=O) groups excluding carboxylic acids is 1. The minimum atomic E-state index is -0.126. The Morgan fingerprint density at radius 2 is 1.89 bits per heavy atom. The van der Waals surface area contributed by atoms with Crippen LogP contribution in [0.25, 0.3) is 10.9 Å². The molecule has 0 aliphatic heterocycles. The second-order valence-corrected chi connectivity index (χ2v) is 4.18. The maximum absolute atomic E-state index is 12.4. The number of rotatable bonds is 2. The molecule has 0 radical (unpaired) electrons. The van der Waals surface area contributed by atoms with Gasteiger partial charge in [-0.2, -0.15) is 0 Å². The molecule has 0 bridgehead atoms. The molecule has 4 nitrogen and oxygen atoms in total. The Bertz CT molecular complexity index is 745. The molecule has 0 fully saturated rings. The zero-order valence-electron chi connectivity index (χ0n) is 10.1. The summed E-state index contributed by atoms with van der Waals surface area (Å²) >= 11 is 0. The Balaban J connectivity index is 2.14. The molecule has 0 saturated heterocycles. The first-order chi connectivity index (χ1) is 9.25. The topological polar surface area (TPSA) is 68.9 Å². The van der Waals surface area contributed by atoms with E-state index in [1.165, 1.54) is 6.20 Å². The molecule has 3 aromatic rings.